The quantitative estimate of drug-likeness (QED) is 0.825. The summed E-state index contributed by atoms with van der Waals surface area (Å²) in [6, 6.07) is 8.06. The Hall–Kier alpha value is -1.19. The third-order valence-corrected chi connectivity index (χ3v) is 4.42. The van der Waals surface area contributed by atoms with Crippen molar-refractivity contribution in [2.75, 3.05) is 6.54 Å². The Morgan fingerprint density at radius 1 is 1.38 bits per heavy atom. The van der Waals surface area contributed by atoms with E-state index < -0.39 is 0 Å². The van der Waals surface area contributed by atoms with Crippen molar-refractivity contribution in [2.24, 2.45) is 11.1 Å². The molecule has 0 spiro atoms. The van der Waals surface area contributed by atoms with E-state index in [1.54, 1.807) is 11.3 Å². The molecule has 1 saturated carbocycles. The van der Waals surface area contributed by atoms with E-state index in [4.69, 9.17) is 5.73 Å². The first kappa shape index (κ1) is 10.00. The van der Waals surface area contributed by atoms with Crippen LogP contribution < -0.4 is 5.73 Å². The minimum Gasteiger partial charge on any atom is -0.329 e. The topological polar surface area (TPSA) is 43.1 Å². The molecule has 2 aromatic rings. The number of carbonyl (C=O) groups excluding carboxylic acids is 1. The first-order valence-electron chi connectivity index (χ1n) is 5.48. The van der Waals surface area contributed by atoms with Gasteiger partial charge in [-0.25, -0.2) is 0 Å². The van der Waals surface area contributed by atoms with Crippen LogP contribution in [0.1, 0.15) is 23.2 Å². The number of hydrogen-bond acceptors (Lipinski definition) is 3. The highest BCUT2D eigenvalue weighted by Gasteiger charge is 2.48. The third kappa shape index (κ3) is 1.32. The molecule has 1 aliphatic rings. The largest absolute Gasteiger partial charge is 0.329 e. The predicted octanol–water partition coefficient (Wildman–Crippen LogP) is 2.82. The van der Waals surface area contributed by atoms with Crippen molar-refractivity contribution < 1.29 is 4.79 Å². The smallest absolute Gasteiger partial charge is 0.171 e. The minimum absolute atomic E-state index is 0.232. The number of fused-ring (bicyclic) bond motifs is 1. The first-order chi connectivity index (χ1) is 7.77. The van der Waals surface area contributed by atoms with E-state index in [0.717, 1.165) is 23.8 Å². The van der Waals surface area contributed by atoms with E-state index in [-0.39, 0.29) is 11.2 Å². The summed E-state index contributed by atoms with van der Waals surface area (Å²) >= 11 is 1.63. The Kier molecular flexibility index (Phi) is 2.13. The van der Waals surface area contributed by atoms with E-state index in [9.17, 15) is 4.79 Å². The van der Waals surface area contributed by atoms with Gasteiger partial charge in [-0.15, -0.1) is 11.3 Å². The van der Waals surface area contributed by atoms with E-state index in [1.807, 2.05) is 23.6 Å². The molecule has 3 heteroatoms. The molecular weight excluding hydrogens is 218 g/mol. The van der Waals surface area contributed by atoms with Crippen LogP contribution in [0.25, 0.3) is 10.1 Å². The summed E-state index contributed by atoms with van der Waals surface area (Å²) in [6.07, 6.45) is 1.90. The molecular formula is C13H13NOS. The summed E-state index contributed by atoms with van der Waals surface area (Å²) in [5.74, 6) is 0.243. The number of nitrogens with two attached hydrogens (primary N) is 1. The molecule has 0 saturated heterocycles. The molecule has 0 aliphatic heterocycles. The number of benzene rings is 1. The van der Waals surface area contributed by atoms with Crippen molar-refractivity contribution >= 4 is 27.2 Å². The van der Waals surface area contributed by atoms with Gasteiger partial charge in [-0.3, -0.25) is 4.79 Å². The molecule has 0 unspecified atom stereocenters. The molecule has 1 aliphatic carbocycles. The van der Waals surface area contributed by atoms with Crippen molar-refractivity contribution in [2.45, 2.75) is 12.8 Å². The number of thiophene rings is 1. The lowest BCUT2D eigenvalue weighted by molar-refractivity contribution is 0.0908. The molecule has 1 aromatic heterocycles. The van der Waals surface area contributed by atoms with Gasteiger partial charge in [0.05, 0.1) is 0 Å². The normalized spacial score (nSPS) is 17.6. The Labute approximate surface area is 98.1 Å². The van der Waals surface area contributed by atoms with E-state index in [2.05, 4.69) is 6.07 Å². The van der Waals surface area contributed by atoms with Crippen molar-refractivity contribution in [3.8, 4) is 0 Å². The summed E-state index contributed by atoms with van der Waals surface area (Å²) in [4.78, 5) is 12.4. The molecule has 1 aromatic carbocycles. The molecule has 2 nitrogen and oxygen atoms in total. The van der Waals surface area contributed by atoms with Crippen LogP contribution in [0, 0.1) is 5.41 Å². The SMILES string of the molecule is NCC1(C(=O)c2csc3ccccc23)CC1. The van der Waals surface area contributed by atoms with Gasteiger partial charge in [0.2, 0.25) is 0 Å². The van der Waals surface area contributed by atoms with Gasteiger partial charge in [0.15, 0.2) is 5.78 Å². The fourth-order valence-electron chi connectivity index (χ4n) is 2.11. The first-order valence-corrected chi connectivity index (χ1v) is 6.36. The Morgan fingerprint density at radius 2 is 2.12 bits per heavy atom. The summed E-state index contributed by atoms with van der Waals surface area (Å²) < 4.78 is 1.18. The molecule has 1 fully saturated rings. The van der Waals surface area contributed by atoms with Crippen molar-refractivity contribution in [1.29, 1.82) is 0 Å². The summed E-state index contributed by atoms with van der Waals surface area (Å²) in [5.41, 5.74) is 6.33. The predicted molar refractivity (Wildman–Crippen MR) is 66.9 cm³/mol. The second kappa shape index (κ2) is 3.40. The fourth-order valence-corrected chi connectivity index (χ4v) is 3.06. The van der Waals surface area contributed by atoms with Gasteiger partial charge >= 0.3 is 0 Å². The average molecular weight is 231 g/mol. The Bertz CT molecular complexity index is 554. The third-order valence-electron chi connectivity index (χ3n) is 3.45. The maximum atomic E-state index is 12.4. The standard InChI is InChI=1S/C13H13NOS/c14-8-13(5-6-13)12(15)10-7-16-11-4-2-1-3-9(10)11/h1-4,7H,5-6,8,14H2. The van der Waals surface area contributed by atoms with Crippen LogP contribution in [-0.4, -0.2) is 12.3 Å². The van der Waals surface area contributed by atoms with Gasteiger partial charge in [-0.1, -0.05) is 18.2 Å². The molecule has 0 radical (unpaired) electrons. The lowest BCUT2D eigenvalue weighted by atomic mass is 9.94. The number of Topliss-reactive ketones (excluding diaryl/α,β-unsaturated/α-hetero) is 1. The second-order valence-electron chi connectivity index (χ2n) is 4.46. The minimum atomic E-state index is -0.232. The average Bonchev–Trinajstić information content (AvgIpc) is 3.02. The van der Waals surface area contributed by atoms with Gasteiger partial charge < -0.3 is 5.73 Å². The van der Waals surface area contributed by atoms with Crippen LogP contribution in [0.5, 0.6) is 0 Å². The number of carbonyl (C=O) groups is 1. The van der Waals surface area contributed by atoms with Crippen LogP contribution >= 0.6 is 11.3 Å². The molecule has 3 rings (SSSR count). The number of rotatable bonds is 3. The van der Waals surface area contributed by atoms with Crippen LogP contribution in [0.4, 0.5) is 0 Å². The van der Waals surface area contributed by atoms with Gasteiger partial charge in [0.1, 0.15) is 0 Å². The van der Waals surface area contributed by atoms with E-state index in [1.165, 1.54) is 4.70 Å². The fraction of sp³-hybridized carbons (Fsp3) is 0.308. The maximum absolute atomic E-state index is 12.4. The van der Waals surface area contributed by atoms with Gasteiger partial charge in [-0.05, 0) is 18.9 Å². The molecule has 0 bridgehead atoms. The Balaban J connectivity index is 2.10. The van der Waals surface area contributed by atoms with Crippen molar-refractivity contribution in [3.63, 3.8) is 0 Å². The zero-order valence-electron chi connectivity index (χ0n) is 8.90. The highest BCUT2D eigenvalue weighted by molar-refractivity contribution is 7.17. The molecule has 0 atom stereocenters. The molecule has 82 valence electrons. The Morgan fingerprint density at radius 3 is 2.81 bits per heavy atom. The van der Waals surface area contributed by atoms with Crippen LogP contribution in [0.2, 0.25) is 0 Å². The summed E-state index contributed by atoms with van der Waals surface area (Å²) in [5, 5.41) is 3.06. The molecule has 2 N–H and O–H groups in total. The molecule has 1 heterocycles. The number of hydrogen-bond donors (Lipinski definition) is 1. The lowest BCUT2D eigenvalue weighted by Gasteiger charge is -2.09. The van der Waals surface area contributed by atoms with Gasteiger partial charge in [-0.2, -0.15) is 0 Å². The van der Waals surface area contributed by atoms with Crippen molar-refractivity contribution in [3.05, 3.63) is 35.2 Å². The zero-order valence-corrected chi connectivity index (χ0v) is 9.72. The van der Waals surface area contributed by atoms with Crippen LogP contribution in [0.15, 0.2) is 29.6 Å². The summed E-state index contributed by atoms with van der Waals surface area (Å²) in [7, 11) is 0. The highest BCUT2D eigenvalue weighted by Crippen LogP contribution is 2.48. The maximum Gasteiger partial charge on any atom is 0.171 e. The van der Waals surface area contributed by atoms with Crippen LogP contribution in [0.3, 0.4) is 0 Å². The van der Waals surface area contributed by atoms with Gasteiger partial charge in [0.25, 0.3) is 0 Å². The molecule has 16 heavy (non-hydrogen) atoms. The summed E-state index contributed by atoms with van der Waals surface area (Å²) in [6.45, 7) is 0.482. The zero-order chi connectivity index (χ0) is 11.2. The monoisotopic (exact) mass is 231 g/mol. The number of ketones is 1. The van der Waals surface area contributed by atoms with Crippen molar-refractivity contribution in [1.82, 2.24) is 0 Å². The lowest BCUT2D eigenvalue weighted by Crippen LogP contribution is -2.25. The van der Waals surface area contributed by atoms with Crippen LogP contribution in [-0.2, 0) is 0 Å². The van der Waals surface area contributed by atoms with Gasteiger partial charge in [0, 0.05) is 33.0 Å². The molecule has 0 amide bonds. The van der Waals surface area contributed by atoms with E-state index in [0.29, 0.717) is 6.54 Å². The highest BCUT2D eigenvalue weighted by atomic mass is 32.1. The second-order valence-corrected chi connectivity index (χ2v) is 5.37. The van der Waals surface area contributed by atoms with E-state index >= 15 is 0 Å².